The molecule has 0 spiro atoms. The van der Waals surface area contributed by atoms with Gasteiger partial charge >= 0.3 is 0 Å². The molecule has 156 valence electrons. The van der Waals surface area contributed by atoms with Crippen LogP contribution in [0.15, 0.2) is 30.3 Å². The van der Waals surface area contributed by atoms with Crippen molar-refractivity contribution in [3.8, 4) is 16.9 Å². The lowest BCUT2D eigenvalue weighted by molar-refractivity contribution is -0.122. The van der Waals surface area contributed by atoms with Crippen LogP contribution in [0.2, 0.25) is 0 Å². The molecule has 0 fully saturated rings. The minimum absolute atomic E-state index is 0.0705. The van der Waals surface area contributed by atoms with Crippen molar-refractivity contribution in [2.45, 2.75) is 39.8 Å². The molecular formula is C22H22F2N4O2. The minimum Gasteiger partial charge on any atom is -0.487 e. The van der Waals surface area contributed by atoms with Gasteiger partial charge in [-0.15, -0.1) is 0 Å². The second kappa shape index (κ2) is 7.85. The first-order valence-electron chi connectivity index (χ1n) is 9.70. The first-order valence-corrected chi connectivity index (χ1v) is 9.70. The van der Waals surface area contributed by atoms with Crippen molar-refractivity contribution in [2.24, 2.45) is 0 Å². The fourth-order valence-corrected chi connectivity index (χ4v) is 3.67. The second-order valence-corrected chi connectivity index (χ2v) is 7.52. The number of carbonyl (C=O) groups is 1. The van der Waals surface area contributed by atoms with Crippen molar-refractivity contribution in [3.63, 3.8) is 0 Å². The molecule has 0 bridgehead atoms. The summed E-state index contributed by atoms with van der Waals surface area (Å²) in [4.78, 5) is 16.4. The molecule has 0 aliphatic carbocycles. The Morgan fingerprint density at radius 1 is 1.23 bits per heavy atom. The monoisotopic (exact) mass is 412 g/mol. The summed E-state index contributed by atoms with van der Waals surface area (Å²) in [6.07, 6.45) is 0.159. The van der Waals surface area contributed by atoms with Gasteiger partial charge in [0.05, 0.1) is 6.54 Å². The Labute approximate surface area is 172 Å². The molecule has 0 saturated heterocycles. The van der Waals surface area contributed by atoms with Gasteiger partial charge in [0.25, 0.3) is 0 Å². The highest BCUT2D eigenvalue weighted by atomic mass is 19.1. The molecule has 30 heavy (non-hydrogen) atoms. The van der Waals surface area contributed by atoms with Gasteiger partial charge in [-0.05, 0) is 56.2 Å². The lowest BCUT2D eigenvalue weighted by Gasteiger charge is -2.14. The molecule has 2 heterocycles. The lowest BCUT2D eigenvalue weighted by atomic mass is 9.99. The second-order valence-electron chi connectivity index (χ2n) is 7.52. The van der Waals surface area contributed by atoms with Crippen LogP contribution in [0.5, 0.6) is 5.75 Å². The van der Waals surface area contributed by atoms with Gasteiger partial charge in [0, 0.05) is 17.5 Å². The molecule has 3 aromatic rings. The van der Waals surface area contributed by atoms with Gasteiger partial charge in [-0.25, -0.2) is 18.4 Å². The van der Waals surface area contributed by atoms with Crippen LogP contribution < -0.4 is 10.1 Å². The number of hydrogen-bond acceptors (Lipinski definition) is 4. The Morgan fingerprint density at radius 3 is 2.73 bits per heavy atom. The molecule has 6 nitrogen and oxygen atoms in total. The average molecular weight is 412 g/mol. The Hall–Kier alpha value is -3.29. The normalized spacial score (nSPS) is 15.0. The largest absolute Gasteiger partial charge is 0.487 e. The Bertz CT molecular complexity index is 1130. The summed E-state index contributed by atoms with van der Waals surface area (Å²) in [6.45, 7) is 5.57. The van der Waals surface area contributed by atoms with Gasteiger partial charge < -0.3 is 10.1 Å². The number of fused-ring (bicyclic) bond motifs is 1. The number of aromatic nitrogens is 3. The van der Waals surface area contributed by atoms with Crippen LogP contribution in [0, 0.1) is 32.4 Å². The number of carbonyl (C=O) groups excluding carboxylic acids is 1. The summed E-state index contributed by atoms with van der Waals surface area (Å²) in [5.74, 6) is 0.956. The van der Waals surface area contributed by atoms with Crippen LogP contribution in [-0.4, -0.2) is 33.3 Å². The molecule has 4 rings (SSSR count). The third-order valence-corrected chi connectivity index (χ3v) is 5.11. The van der Waals surface area contributed by atoms with E-state index in [4.69, 9.17) is 4.74 Å². The molecule has 1 aliphatic heterocycles. The van der Waals surface area contributed by atoms with Gasteiger partial charge in [0.1, 0.15) is 41.7 Å². The van der Waals surface area contributed by atoms with Gasteiger partial charge in [0.2, 0.25) is 5.91 Å². The van der Waals surface area contributed by atoms with Gasteiger partial charge in [-0.1, -0.05) is 6.07 Å². The van der Waals surface area contributed by atoms with Crippen LogP contribution in [0.1, 0.15) is 22.8 Å². The van der Waals surface area contributed by atoms with Crippen LogP contribution in [-0.2, 0) is 17.8 Å². The number of hydrogen-bond donors (Lipinski definition) is 1. The summed E-state index contributed by atoms with van der Waals surface area (Å²) >= 11 is 0. The molecule has 2 aromatic carbocycles. The predicted octanol–water partition coefficient (Wildman–Crippen LogP) is 3.27. The van der Waals surface area contributed by atoms with Crippen LogP contribution in [0.3, 0.4) is 0 Å². The molecular weight excluding hydrogens is 390 g/mol. The maximum atomic E-state index is 14.2. The molecule has 1 atom stereocenters. The fourth-order valence-electron chi connectivity index (χ4n) is 3.67. The zero-order valence-electron chi connectivity index (χ0n) is 17.0. The maximum Gasteiger partial charge on any atom is 0.241 e. The van der Waals surface area contributed by atoms with E-state index in [-0.39, 0.29) is 36.7 Å². The average Bonchev–Trinajstić information content (AvgIpc) is 3.23. The number of nitrogens with zero attached hydrogens (tertiary/aromatic N) is 3. The Kier molecular flexibility index (Phi) is 5.24. The number of rotatable bonds is 5. The molecule has 0 unspecified atom stereocenters. The zero-order valence-corrected chi connectivity index (χ0v) is 17.0. The molecule has 1 amide bonds. The molecule has 0 saturated carbocycles. The molecule has 1 N–H and O–H groups in total. The summed E-state index contributed by atoms with van der Waals surface area (Å²) in [5, 5.41) is 7.01. The van der Waals surface area contributed by atoms with E-state index in [1.54, 1.807) is 37.6 Å². The third-order valence-electron chi connectivity index (χ3n) is 5.11. The SMILES string of the molecule is Cc1nc(C)n(CC(=O)NC[C@H]2Cc3cc(F)cc(-c4ccc(F)c(C)c4)c3O2)n1. The highest BCUT2D eigenvalue weighted by Crippen LogP contribution is 2.40. The topological polar surface area (TPSA) is 69.0 Å². The predicted molar refractivity (Wildman–Crippen MR) is 107 cm³/mol. The summed E-state index contributed by atoms with van der Waals surface area (Å²) in [5.41, 5.74) is 2.47. The molecule has 0 radical (unpaired) electrons. The van der Waals surface area contributed by atoms with Crippen molar-refractivity contribution in [2.75, 3.05) is 6.54 Å². The van der Waals surface area contributed by atoms with Crippen molar-refractivity contribution in [1.29, 1.82) is 0 Å². The summed E-state index contributed by atoms with van der Waals surface area (Å²) in [7, 11) is 0. The maximum absolute atomic E-state index is 14.2. The third kappa shape index (κ3) is 4.03. The Balaban J connectivity index is 1.46. The van der Waals surface area contributed by atoms with E-state index in [9.17, 15) is 13.6 Å². The standard InChI is InChI=1S/C22H22F2N4O2/c1-12-6-15(4-5-20(12)24)19-9-17(23)7-16-8-18(30-22(16)19)10-25-21(29)11-28-14(3)26-13(2)27-28/h4-7,9,18H,8,10-11H2,1-3H3,(H,25,29)/t18-/m1/s1. The van der Waals surface area contributed by atoms with Gasteiger partial charge in [-0.2, -0.15) is 5.10 Å². The van der Waals surface area contributed by atoms with Crippen molar-refractivity contribution in [3.05, 3.63) is 64.7 Å². The smallest absolute Gasteiger partial charge is 0.241 e. The number of halogens is 2. The van der Waals surface area contributed by atoms with E-state index < -0.39 is 0 Å². The number of nitrogens with one attached hydrogen (secondary N) is 1. The Morgan fingerprint density at radius 2 is 2.03 bits per heavy atom. The number of benzene rings is 2. The molecule has 1 aliphatic rings. The van der Waals surface area contributed by atoms with E-state index in [1.165, 1.54) is 18.2 Å². The van der Waals surface area contributed by atoms with Gasteiger partial charge in [-0.3, -0.25) is 4.79 Å². The van der Waals surface area contributed by atoms with E-state index in [0.717, 1.165) is 5.56 Å². The molecule has 8 heteroatoms. The van der Waals surface area contributed by atoms with E-state index >= 15 is 0 Å². The van der Waals surface area contributed by atoms with Crippen molar-refractivity contribution in [1.82, 2.24) is 20.1 Å². The first-order chi connectivity index (χ1) is 14.3. The highest BCUT2D eigenvalue weighted by Gasteiger charge is 2.27. The van der Waals surface area contributed by atoms with E-state index in [0.29, 0.717) is 40.5 Å². The van der Waals surface area contributed by atoms with Crippen LogP contribution >= 0.6 is 0 Å². The zero-order chi connectivity index (χ0) is 21.4. The van der Waals surface area contributed by atoms with Crippen LogP contribution in [0.4, 0.5) is 8.78 Å². The van der Waals surface area contributed by atoms with Crippen LogP contribution in [0.25, 0.3) is 11.1 Å². The van der Waals surface area contributed by atoms with Crippen molar-refractivity contribution >= 4 is 5.91 Å². The minimum atomic E-state index is -0.379. The van der Waals surface area contributed by atoms with E-state index in [2.05, 4.69) is 15.4 Å². The first kappa shape index (κ1) is 20.0. The summed E-state index contributed by atoms with van der Waals surface area (Å²) in [6, 6.07) is 7.48. The highest BCUT2D eigenvalue weighted by molar-refractivity contribution is 5.76. The quantitative estimate of drug-likeness (QED) is 0.698. The lowest BCUT2D eigenvalue weighted by Crippen LogP contribution is -2.36. The van der Waals surface area contributed by atoms with E-state index in [1.807, 2.05) is 0 Å². The number of aryl methyl sites for hydroxylation is 3. The van der Waals surface area contributed by atoms with Gasteiger partial charge in [0.15, 0.2) is 0 Å². The fraction of sp³-hybridized carbons (Fsp3) is 0.318. The molecule has 1 aromatic heterocycles. The number of ether oxygens (including phenoxy) is 1. The number of amides is 1. The van der Waals surface area contributed by atoms with Crippen molar-refractivity contribution < 1.29 is 18.3 Å². The summed E-state index contributed by atoms with van der Waals surface area (Å²) < 4.78 is 35.4.